The van der Waals surface area contributed by atoms with Crippen molar-refractivity contribution in [2.45, 2.75) is 51.6 Å². The van der Waals surface area contributed by atoms with Crippen LogP contribution < -0.4 is 9.47 Å². The van der Waals surface area contributed by atoms with E-state index in [1.165, 1.54) is 31.2 Å². The predicted molar refractivity (Wildman–Crippen MR) is 70.0 cm³/mol. The maximum atomic E-state index is 6.01. The summed E-state index contributed by atoms with van der Waals surface area (Å²) in [5.74, 6) is 2.27. The molecule has 94 valence electrons. The fraction of sp³-hybridized carbons (Fsp3) is 0.600. The average Bonchev–Trinajstić information content (AvgIpc) is 2.82. The quantitative estimate of drug-likeness (QED) is 0.779. The van der Waals surface area contributed by atoms with Gasteiger partial charge in [0.15, 0.2) is 11.5 Å². The van der Waals surface area contributed by atoms with Crippen LogP contribution in [0.15, 0.2) is 18.2 Å². The van der Waals surface area contributed by atoms with Crippen LogP contribution in [0.2, 0.25) is 0 Å². The van der Waals surface area contributed by atoms with E-state index in [-0.39, 0.29) is 0 Å². The van der Waals surface area contributed by atoms with Crippen molar-refractivity contribution in [2.24, 2.45) is 0 Å². The normalized spacial score (nSPS) is 16.5. The van der Waals surface area contributed by atoms with Crippen LogP contribution in [0.5, 0.6) is 11.5 Å². The van der Waals surface area contributed by atoms with Crippen LogP contribution in [0.25, 0.3) is 0 Å². The number of ether oxygens (including phenoxy) is 2. The van der Waals surface area contributed by atoms with E-state index in [0.717, 1.165) is 11.5 Å². The summed E-state index contributed by atoms with van der Waals surface area (Å²) in [6.07, 6.45) is 5.31. The highest BCUT2D eigenvalue weighted by molar-refractivity contribution is 5.43. The number of hydrogen-bond acceptors (Lipinski definition) is 2. The Kier molecular flexibility index (Phi) is 3.93. The van der Waals surface area contributed by atoms with Gasteiger partial charge in [0.05, 0.1) is 13.2 Å². The van der Waals surface area contributed by atoms with Crippen LogP contribution in [0, 0.1) is 0 Å². The number of benzene rings is 1. The van der Waals surface area contributed by atoms with E-state index in [4.69, 9.17) is 9.47 Å². The molecule has 2 nitrogen and oxygen atoms in total. The first kappa shape index (κ1) is 12.3. The summed E-state index contributed by atoms with van der Waals surface area (Å²) in [4.78, 5) is 0. The van der Waals surface area contributed by atoms with E-state index in [1.54, 1.807) is 7.11 Å². The van der Waals surface area contributed by atoms with Crippen molar-refractivity contribution in [3.05, 3.63) is 23.8 Å². The zero-order valence-corrected chi connectivity index (χ0v) is 11.0. The molecule has 0 N–H and O–H groups in total. The number of methoxy groups -OCH3 is 1. The Morgan fingerprint density at radius 3 is 2.41 bits per heavy atom. The lowest BCUT2D eigenvalue weighted by Crippen LogP contribution is -2.11. The molecule has 0 aromatic heterocycles. The minimum atomic E-state index is 0.383. The topological polar surface area (TPSA) is 18.5 Å². The largest absolute Gasteiger partial charge is 0.493 e. The highest BCUT2D eigenvalue weighted by atomic mass is 16.5. The summed E-state index contributed by atoms with van der Waals surface area (Å²) < 4.78 is 11.4. The van der Waals surface area contributed by atoms with E-state index in [9.17, 15) is 0 Å². The zero-order chi connectivity index (χ0) is 12.3. The van der Waals surface area contributed by atoms with Gasteiger partial charge in [-0.25, -0.2) is 0 Å². The Morgan fingerprint density at radius 2 is 1.82 bits per heavy atom. The van der Waals surface area contributed by atoms with Gasteiger partial charge in [0.25, 0.3) is 0 Å². The molecule has 0 spiro atoms. The molecule has 1 aliphatic carbocycles. The van der Waals surface area contributed by atoms with Gasteiger partial charge in [-0.2, -0.15) is 0 Å². The number of hydrogen-bond donors (Lipinski definition) is 0. The summed E-state index contributed by atoms with van der Waals surface area (Å²) in [6.45, 7) is 4.37. The molecule has 0 heterocycles. The smallest absolute Gasteiger partial charge is 0.161 e. The maximum Gasteiger partial charge on any atom is 0.161 e. The first-order valence-electron chi connectivity index (χ1n) is 6.55. The molecule has 0 amide bonds. The second-order valence-corrected chi connectivity index (χ2v) is 5.09. The minimum absolute atomic E-state index is 0.383. The summed E-state index contributed by atoms with van der Waals surface area (Å²) in [7, 11) is 1.71. The van der Waals surface area contributed by atoms with Gasteiger partial charge in [0.1, 0.15) is 0 Å². The molecule has 0 saturated heterocycles. The molecule has 0 atom stereocenters. The monoisotopic (exact) mass is 234 g/mol. The van der Waals surface area contributed by atoms with Gasteiger partial charge in [0, 0.05) is 0 Å². The van der Waals surface area contributed by atoms with Gasteiger partial charge in [0.2, 0.25) is 0 Å². The fourth-order valence-electron chi connectivity index (χ4n) is 2.33. The third kappa shape index (κ3) is 2.93. The third-order valence-corrected chi connectivity index (χ3v) is 3.45. The lowest BCUT2D eigenvalue weighted by molar-refractivity contribution is 0.200. The zero-order valence-electron chi connectivity index (χ0n) is 11.0. The molecule has 1 aliphatic rings. The Hall–Kier alpha value is -1.18. The Bertz CT molecular complexity index is 365. The lowest BCUT2D eigenvalue weighted by atomic mass is 10.0. The standard InChI is InChI=1S/C15H22O2/c1-11(2)12-8-9-14(15(10-12)16-3)17-13-6-4-5-7-13/h8-11,13H,4-7H2,1-3H3. The molecule has 1 saturated carbocycles. The van der Waals surface area contributed by atoms with E-state index < -0.39 is 0 Å². The van der Waals surface area contributed by atoms with Crippen LogP contribution >= 0.6 is 0 Å². The van der Waals surface area contributed by atoms with Crippen LogP contribution in [-0.4, -0.2) is 13.2 Å². The molecule has 1 aromatic carbocycles. The lowest BCUT2D eigenvalue weighted by Gasteiger charge is -2.17. The molecule has 2 rings (SSSR count). The molecular weight excluding hydrogens is 212 g/mol. The van der Waals surface area contributed by atoms with E-state index in [2.05, 4.69) is 26.0 Å². The molecule has 0 radical (unpaired) electrons. The molecular formula is C15H22O2. The molecule has 17 heavy (non-hydrogen) atoms. The Balaban J connectivity index is 2.15. The molecule has 0 bridgehead atoms. The Labute approximate surface area is 104 Å². The highest BCUT2D eigenvalue weighted by Crippen LogP contribution is 2.33. The highest BCUT2D eigenvalue weighted by Gasteiger charge is 2.18. The number of rotatable bonds is 4. The first-order chi connectivity index (χ1) is 8.20. The summed E-state index contributed by atoms with van der Waals surface area (Å²) in [6, 6.07) is 6.28. The molecule has 2 heteroatoms. The summed E-state index contributed by atoms with van der Waals surface area (Å²) in [5.41, 5.74) is 1.29. The van der Waals surface area contributed by atoms with E-state index in [1.807, 2.05) is 6.07 Å². The average molecular weight is 234 g/mol. The second kappa shape index (κ2) is 5.44. The van der Waals surface area contributed by atoms with Crippen molar-refractivity contribution in [1.82, 2.24) is 0 Å². The summed E-state index contributed by atoms with van der Waals surface area (Å²) >= 11 is 0. The van der Waals surface area contributed by atoms with Crippen LogP contribution in [0.4, 0.5) is 0 Å². The van der Waals surface area contributed by atoms with Crippen molar-refractivity contribution >= 4 is 0 Å². The second-order valence-electron chi connectivity index (χ2n) is 5.09. The van der Waals surface area contributed by atoms with Crippen LogP contribution in [0.1, 0.15) is 51.0 Å². The van der Waals surface area contributed by atoms with Crippen molar-refractivity contribution in [2.75, 3.05) is 7.11 Å². The molecule has 1 aromatic rings. The SMILES string of the molecule is COc1cc(C(C)C)ccc1OC1CCCC1. The van der Waals surface area contributed by atoms with Gasteiger partial charge >= 0.3 is 0 Å². The van der Waals surface area contributed by atoms with Gasteiger partial charge in [-0.1, -0.05) is 19.9 Å². The van der Waals surface area contributed by atoms with Crippen LogP contribution in [0.3, 0.4) is 0 Å². The third-order valence-electron chi connectivity index (χ3n) is 3.45. The van der Waals surface area contributed by atoms with E-state index in [0.29, 0.717) is 12.0 Å². The van der Waals surface area contributed by atoms with Gasteiger partial charge in [-0.15, -0.1) is 0 Å². The minimum Gasteiger partial charge on any atom is -0.493 e. The van der Waals surface area contributed by atoms with Gasteiger partial charge in [-0.05, 0) is 49.3 Å². The maximum absolute atomic E-state index is 6.01. The first-order valence-corrected chi connectivity index (χ1v) is 6.55. The molecule has 0 aliphatic heterocycles. The predicted octanol–water partition coefficient (Wildman–Crippen LogP) is 4.14. The van der Waals surface area contributed by atoms with Crippen molar-refractivity contribution in [1.29, 1.82) is 0 Å². The van der Waals surface area contributed by atoms with Crippen molar-refractivity contribution < 1.29 is 9.47 Å². The van der Waals surface area contributed by atoms with Gasteiger partial charge in [-0.3, -0.25) is 0 Å². The van der Waals surface area contributed by atoms with Crippen molar-refractivity contribution in [3.63, 3.8) is 0 Å². The molecule has 0 unspecified atom stereocenters. The van der Waals surface area contributed by atoms with E-state index >= 15 is 0 Å². The summed E-state index contributed by atoms with van der Waals surface area (Å²) in [5, 5.41) is 0. The fourth-order valence-corrected chi connectivity index (χ4v) is 2.33. The van der Waals surface area contributed by atoms with Gasteiger partial charge < -0.3 is 9.47 Å². The molecule has 1 fully saturated rings. The van der Waals surface area contributed by atoms with Crippen LogP contribution in [-0.2, 0) is 0 Å². The Morgan fingerprint density at radius 1 is 1.12 bits per heavy atom. The van der Waals surface area contributed by atoms with Crippen molar-refractivity contribution in [3.8, 4) is 11.5 Å².